The molecule has 0 aliphatic heterocycles. The molecular weight excluding hydrogens is 707 g/mol. The Labute approximate surface area is 327 Å². The topological polar surface area (TPSA) is 25.8 Å². The van der Waals surface area contributed by atoms with Crippen molar-refractivity contribution in [2.75, 3.05) is 0 Å². The van der Waals surface area contributed by atoms with Gasteiger partial charge in [0, 0.05) is 24.9 Å². The van der Waals surface area contributed by atoms with E-state index in [9.17, 15) is 0 Å². The van der Waals surface area contributed by atoms with Crippen molar-refractivity contribution >= 4 is 61.8 Å². The highest BCUT2D eigenvalue weighted by Crippen LogP contribution is 2.79. The first kappa shape index (κ1) is 34.8. The summed E-state index contributed by atoms with van der Waals surface area (Å²) in [5, 5.41) is 5.33. The summed E-state index contributed by atoms with van der Waals surface area (Å²) in [6.45, 7) is 7.63. The van der Waals surface area contributed by atoms with Crippen molar-refractivity contribution in [3.8, 4) is 0 Å². The fourth-order valence-corrected chi connectivity index (χ4v) is 22.6. The van der Waals surface area contributed by atoms with E-state index in [4.69, 9.17) is 9.97 Å². The fraction of sp³-hybridized carbons (Fsp3) is 0.510. The molecule has 8 aliphatic carbocycles. The minimum Gasteiger partial charge on any atom is -0.248 e. The zero-order valence-electron chi connectivity index (χ0n) is 32.8. The number of benzene rings is 3. The van der Waals surface area contributed by atoms with Crippen LogP contribution in [0.5, 0.6) is 0 Å². The third-order valence-corrected chi connectivity index (χ3v) is 24.0. The summed E-state index contributed by atoms with van der Waals surface area (Å²) in [4.78, 5) is 10.9. The van der Waals surface area contributed by atoms with Crippen molar-refractivity contribution in [2.45, 2.75) is 119 Å². The van der Waals surface area contributed by atoms with Crippen LogP contribution in [0.3, 0.4) is 0 Å². The van der Waals surface area contributed by atoms with Crippen molar-refractivity contribution in [1.82, 2.24) is 9.97 Å². The highest BCUT2D eigenvalue weighted by atomic mass is 31.1. The molecule has 54 heavy (non-hydrogen) atoms. The number of pyridine rings is 2. The molecule has 2 aromatic heterocycles. The molecule has 8 fully saturated rings. The van der Waals surface area contributed by atoms with Gasteiger partial charge in [0.2, 0.25) is 0 Å². The molecule has 0 N–H and O–H groups in total. The number of hydrogen-bond donors (Lipinski definition) is 0. The van der Waals surface area contributed by atoms with Crippen LogP contribution in [0.1, 0.15) is 88.2 Å². The average molecular weight is 765 g/mol. The van der Waals surface area contributed by atoms with Gasteiger partial charge in [-0.3, -0.25) is 0 Å². The van der Waals surface area contributed by atoms with Crippen LogP contribution in [0.4, 0.5) is 0 Å². The van der Waals surface area contributed by atoms with E-state index >= 15 is 0 Å². The normalized spacial score (nSPS) is 33.0. The Morgan fingerprint density at radius 1 is 0.519 bits per heavy atom. The van der Waals surface area contributed by atoms with Crippen LogP contribution in [0, 0.1) is 35.5 Å². The summed E-state index contributed by atoms with van der Waals surface area (Å²) in [5.41, 5.74) is 8.00. The van der Waals surface area contributed by atoms with E-state index in [1.807, 2.05) is 0 Å². The Balaban J connectivity index is 1.05. The molecule has 8 aliphatic rings. The average Bonchev–Trinajstić information content (AvgIpc) is 3.14. The summed E-state index contributed by atoms with van der Waals surface area (Å²) >= 11 is 0. The quantitative estimate of drug-likeness (QED) is 0.110. The maximum absolute atomic E-state index is 5.45. The van der Waals surface area contributed by atoms with Crippen LogP contribution < -0.4 is 16.1 Å². The van der Waals surface area contributed by atoms with Crippen molar-refractivity contribution in [2.24, 2.45) is 35.5 Å². The summed E-state index contributed by atoms with van der Waals surface area (Å²) in [6, 6.07) is 34.7. The van der Waals surface area contributed by atoms with Gasteiger partial charge in [0.05, 0.1) is 30.0 Å². The molecule has 5 heteroatoms. The second-order valence-electron chi connectivity index (χ2n) is 20.4. The maximum Gasteiger partial charge on any atom is 0.0776 e. The lowest BCUT2D eigenvalue weighted by atomic mass is 9.55. The predicted octanol–water partition coefficient (Wildman–Crippen LogP) is 11.9. The lowest BCUT2D eigenvalue weighted by Gasteiger charge is -2.67. The first-order valence-corrected chi connectivity index (χ1v) is 28.1. The smallest absolute Gasteiger partial charge is 0.0776 e. The molecule has 278 valence electrons. The van der Waals surface area contributed by atoms with E-state index in [-0.39, 0.29) is 7.92 Å². The van der Waals surface area contributed by atoms with E-state index in [2.05, 4.69) is 111 Å². The highest BCUT2D eigenvalue weighted by Gasteiger charge is 2.62. The highest BCUT2D eigenvalue weighted by molar-refractivity contribution is 7.71. The summed E-state index contributed by atoms with van der Waals surface area (Å²) in [6.07, 6.45) is 21.2. The van der Waals surface area contributed by atoms with Gasteiger partial charge in [0.25, 0.3) is 0 Å². The van der Waals surface area contributed by atoms with Crippen molar-refractivity contribution in [3.05, 3.63) is 102 Å². The molecule has 3 aromatic carbocycles. The van der Waals surface area contributed by atoms with Crippen LogP contribution in [0.15, 0.2) is 91.0 Å². The largest absolute Gasteiger partial charge is 0.248 e. The Kier molecular flexibility index (Phi) is 8.40. The Morgan fingerprint density at radius 2 is 0.963 bits per heavy atom. The molecule has 0 saturated heterocycles. The third kappa shape index (κ3) is 6.09. The van der Waals surface area contributed by atoms with Crippen LogP contribution in [-0.2, 0) is 12.3 Å². The molecule has 8 bridgehead atoms. The number of hydrogen-bond acceptors (Lipinski definition) is 2. The summed E-state index contributed by atoms with van der Waals surface area (Å²) in [5.74, 6) is 6.14. The number of rotatable bonds is 9. The van der Waals surface area contributed by atoms with Crippen LogP contribution in [0.2, 0.25) is 19.6 Å². The van der Waals surface area contributed by atoms with Gasteiger partial charge in [0.15, 0.2) is 0 Å². The molecule has 0 radical (unpaired) electrons. The molecule has 5 aromatic rings. The molecule has 0 unspecified atom stereocenters. The lowest BCUT2D eigenvalue weighted by molar-refractivity contribution is 0.0184. The van der Waals surface area contributed by atoms with Crippen LogP contribution in [-0.4, -0.2) is 28.4 Å². The lowest BCUT2D eigenvalue weighted by Crippen LogP contribution is -2.56. The van der Waals surface area contributed by atoms with E-state index in [0.29, 0.717) is 10.3 Å². The maximum atomic E-state index is 5.45. The first-order valence-electron chi connectivity index (χ1n) is 21.6. The third-order valence-electron chi connectivity index (χ3n) is 15.6. The Hall–Kier alpha value is -2.44. The minimum atomic E-state index is -1.54. The Morgan fingerprint density at radius 3 is 1.41 bits per heavy atom. The molecule has 0 atom stereocenters. The van der Waals surface area contributed by atoms with Gasteiger partial charge < -0.3 is 0 Å². The molecule has 2 heterocycles. The fourth-order valence-electron chi connectivity index (χ4n) is 14.1. The number of fused-ring (bicyclic) bond motifs is 2. The van der Waals surface area contributed by atoms with Gasteiger partial charge in [-0.2, -0.15) is 0 Å². The van der Waals surface area contributed by atoms with Crippen molar-refractivity contribution in [3.63, 3.8) is 0 Å². The number of para-hydroxylation sites is 2. The van der Waals surface area contributed by atoms with Crippen LogP contribution in [0.25, 0.3) is 21.8 Å². The van der Waals surface area contributed by atoms with Gasteiger partial charge in [-0.15, -0.1) is 0 Å². The summed E-state index contributed by atoms with van der Waals surface area (Å²) < 4.78 is 0. The standard InChI is InChI=1S/C49H58N2P2Si/c1-54(2,3)43-15-12-41(32-53(48-25-33-18-34(26-48)20-35(19-33)27-48)49-28-36-21-37(29-49)23-38(22-36)30-49)42(24-43)31-52(46-16-13-39-8-4-6-10-44(39)50-46)47-17-14-40-9-5-7-11-45(40)51-47/h4-17,24,33-38H,18-23,25-32H2,1-3H3. The molecule has 2 nitrogen and oxygen atoms in total. The second-order valence-corrected chi connectivity index (χ2v) is 30.6. The minimum absolute atomic E-state index is 0.132. The van der Waals surface area contributed by atoms with Gasteiger partial charge in [0.1, 0.15) is 0 Å². The Bertz CT molecular complexity index is 2040. The van der Waals surface area contributed by atoms with Gasteiger partial charge in [-0.1, -0.05) is 99.5 Å². The van der Waals surface area contributed by atoms with E-state index in [0.717, 1.165) is 52.7 Å². The molecular formula is C49H58N2P2Si. The summed E-state index contributed by atoms with van der Waals surface area (Å²) in [7, 11) is -2.49. The second kappa shape index (κ2) is 13.0. The SMILES string of the molecule is C[Si](C)(C)c1ccc(CP(C23CC4CC(CC(C4)C2)C3)C23CC4CC(CC(C4)C2)C3)c(CP(c2ccc3ccccc3n2)c2ccc3ccccc3n2)c1. The molecule has 13 rings (SSSR count). The predicted molar refractivity (Wildman–Crippen MR) is 235 cm³/mol. The molecule has 8 saturated carbocycles. The van der Waals surface area contributed by atoms with E-state index in [1.54, 1.807) is 93.4 Å². The zero-order valence-corrected chi connectivity index (χ0v) is 35.6. The van der Waals surface area contributed by atoms with Crippen molar-refractivity contribution < 1.29 is 0 Å². The number of aromatic nitrogens is 2. The first-order chi connectivity index (χ1) is 26.2. The van der Waals surface area contributed by atoms with Gasteiger partial charge in [-0.05, 0) is 164 Å². The molecule has 0 amide bonds. The van der Waals surface area contributed by atoms with Gasteiger partial charge in [-0.25, -0.2) is 9.97 Å². The van der Waals surface area contributed by atoms with E-state index < -0.39 is 16.0 Å². The van der Waals surface area contributed by atoms with Gasteiger partial charge >= 0.3 is 0 Å². The van der Waals surface area contributed by atoms with Crippen molar-refractivity contribution in [1.29, 1.82) is 0 Å². The zero-order chi connectivity index (χ0) is 36.2. The van der Waals surface area contributed by atoms with E-state index in [1.165, 1.54) is 27.8 Å². The monoisotopic (exact) mass is 764 g/mol. The number of nitrogens with zero attached hydrogens (tertiary/aromatic N) is 2. The molecule has 0 spiro atoms. The van der Waals surface area contributed by atoms with Crippen LogP contribution >= 0.6 is 15.8 Å².